The minimum atomic E-state index is -0.867. The molecule has 1 unspecified atom stereocenters. The average molecular weight is 141 g/mol. The lowest BCUT2D eigenvalue weighted by Crippen LogP contribution is -2.18. The third-order valence-electron chi connectivity index (χ3n) is 1.57. The second-order valence-electron chi connectivity index (χ2n) is 2.40. The Morgan fingerprint density at radius 1 is 1.70 bits per heavy atom. The molecule has 0 aromatic heterocycles. The van der Waals surface area contributed by atoms with Gasteiger partial charge in [-0.1, -0.05) is 6.08 Å². The van der Waals surface area contributed by atoms with E-state index in [4.69, 9.17) is 5.11 Å². The highest BCUT2D eigenvalue weighted by atomic mass is 16.4. The van der Waals surface area contributed by atoms with Crippen LogP contribution in [-0.2, 0) is 4.79 Å². The van der Waals surface area contributed by atoms with Gasteiger partial charge in [0.05, 0.1) is 0 Å². The van der Waals surface area contributed by atoms with E-state index in [9.17, 15) is 4.79 Å². The fourth-order valence-electron chi connectivity index (χ4n) is 1.07. The number of carboxylic acid groups (broad SMARTS) is 1. The van der Waals surface area contributed by atoms with Gasteiger partial charge >= 0.3 is 5.97 Å². The van der Waals surface area contributed by atoms with Crippen LogP contribution in [0.4, 0.5) is 0 Å². The van der Waals surface area contributed by atoms with Gasteiger partial charge in [-0.05, 0) is 19.4 Å². The van der Waals surface area contributed by atoms with Crippen molar-refractivity contribution in [2.24, 2.45) is 0 Å². The lowest BCUT2D eigenvalue weighted by Gasteiger charge is -1.99. The molecule has 1 fully saturated rings. The molecular weight excluding hydrogens is 130 g/mol. The smallest absolute Gasteiger partial charge is 0.328 e. The highest BCUT2D eigenvalue weighted by molar-refractivity contribution is 5.79. The van der Waals surface area contributed by atoms with Crippen LogP contribution >= 0.6 is 0 Å². The lowest BCUT2D eigenvalue weighted by atomic mass is 10.2. The van der Waals surface area contributed by atoms with Crippen LogP contribution < -0.4 is 5.32 Å². The third-order valence-corrected chi connectivity index (χ3v) is 1.57. The quantitative estimate of drug-likeness (QED) is 0.546. The maximum absolute atomic E-state index is 10.0. The van der Waals surface area contributed by atoms with E-state index < -0.39 is 5.97 Å². The van der Waals surface area contributed by atoms with E-state index in [1.165, 1.54) is 6.08 Å². The largest absolute Gasteiger partial charge is 0.478 e. The molecule has 0 amide bonds. The predicted octanol–water partition coefficient (Wildman–Crippen LogP) is 0.379. The summed E-state index contributed by atoms with van der Waals surface area (Å²) in [6.07, 6.45) is 5.11. The SMILES string of the molecule is O=C(O)/C=C/C1CCCN1. The number of rotatable bonds is 2. The Morgan fingerprint density at radius 2 is 2.50 bits per heavy atom. The van der Waals surface area contributed by atoms with Gasteiger partial charge in [-0.25, -0.2) is 4.79 Å². The van der Waals surface area contributed by atoms with Gasteiger partial charge in [-0.15, -0.1) is 0 Å². The molecule has 3 heteroatoms. The van der Waals surface area contributed by atoms with Gasteiger partial charge in [-0.2, -0.15) is 0 Å². The minimum absolute atomic E-state index is 0.288. The van der Waals surface area contributed by atoms with E-state index in [0.717, 1.165) is 19.4 Å². The van der Waals surface area contributed by atoms with Crippen LogP contribution in [0.25, 0.3) is 0 Å². The highest BCUT2D eigenvalue weighted by Crippen LogP contribution is 2.05. The standard InChI is InChI=1S/C7H11NO2/c9-7(10)4-3-6-2-1-5-8-6/h3-4,6,8H,1-2,5H2,(H,9,10)/b4-3+. The lowest BCUT2D eigenvalue weighted by molar-refractivity contribution is -0.131. The molecule has 0 aromatic carbocycles. The van der Waals surface area contributed by atoms with Crippen LogP contribution in [0.2, 0.25) is 0 Å². The van der Waals surface area contributed by atoms with Gasteiger partial charge in [0.2, 0.25) is 0 Å². The Balaban J connectivity index is 2.29. The first-order valence-electron chi connectivity index (χ1n) is 3.43. The number of carbonyl (C=O) groups is 1. The molecule has 0 spiro atoms. The fourth-order valence-corrected chi connectivity index (χ4v) is 1.07. The molecule has 0 aliphatic carbocycles. The minimum Gasteiger partial charge on any atom is -0.478 e. The normalized spacial score (nSPS) is 25.8. The van der Waals surface area contributed by atoms with Crippen molar-refractivity contribution in [3.05, 3.63) is 12.2 Å². The Labute approximate surface area is 59.7 Å². The second-order valence-corrected chi connectivity index (χ2v) is 2.40. The summed E-state index contributed by atoms with van der Waals surface area (Å²) in [7, 11) is 0. The van der Waals surface area contributed by atoms with Crippen LogP contribution in [-0.4, -0.2) is 23.7 Å². The number of aliphatic carboxylic acids is 1. The molecule has 0 bridgehead atoms. The molecule has 1 aliphatic heterocycles. The van der Waals surface area contributed by atoms with Crippen molar-refractivity contribution in [3.8, 4) is 0 Å². The summed E-state index contributed by atoms with van der Waals surface area (Å²) >= 11 is 0. The first kappa shape index (κ1) is 7.28. The zero-order chi connectivity index (χ0) is 7.40. The zero-order valence-corrected chi connectivity index (χ0v) is 5.71. The molecule has 0 radical (unpaired) electrons. The number of hydrogen-bond acceptors (Lipinski definition) is 2. The second kappa shape index (κ2) is 3.37. The molecule has 56 valence electrons. The summed E-state index contributed by atoms with van der Waals surface area (Å²) in [5, 5.41) is 11.4. The van der Waals surface area contributed by atoms with Crippen LogP contribution in [0.1, 0.15) is 12.8 Å². The van der Waals surface area contributed by atoms with Crippen LogP contribution in [0.3, 0.4) is 0 Å². The van der Waals surface area contributed by atoms with Crippen molar-refractivity contribution in [2.45, 2.75) is 18.9 Å². The maximum Gasteiger partial charge on any atom is 0.328 e. The van der Waals surface area contributed by atoms with Crippen molar-refractivity contribution in [2.75, 3.05) is 6.54 Å². The summed E-state index contributed by atoms with van der Waals surface area (Å²) < 4.78 is 0. The van der Waals surface area contributed by atoms with Crippen molar-refractivity contribution in [1.29, 1.82) is 0 Å². The van der Waals surface area contributed by atoms with E-state index in [0.29, 0.717) is 0 Å². The van der Waals surface area contributed by atoms with Gasteiger partial charge in [0.25, 0.3) is 0 Å². The van der Waals surface area contributed by atoms with E-state index in [2.05, 4.69) is 5.32 Å². The van der Waals surface area contributed by atoms with Crippen LogP contribution in [0, 0.1) is 0 Å². The molecule has 2 N–H and O–H groups in total. The highest BCUT2D eigenvalue weighted by Gasteiger charge is 2.09. The first-order chi connectivity index (χ1) is 4.79. The Morgan fingerprint density at radius 3 is 3.00 bits per heavy atom. The van der Waals surface area contributed by atoms with E-state index in [-0.39, 0.29) is 6.04 Å². The topological polar surface area (TPSA) is 49.3 Å². The van der Waals surface area contributed by atoms with Gasteiger partial charge < -0.3 is 10.4 Å². The van der Waals surface area contributed by atoms with E-state index in [1.54, 1.807) is 6.08 Å². The summed E-state index contributed by atoms with van der Waals surface area (Å²) in [6.45, 7) is 1.01. The molecule has 0 aromatic rings. The average Bonchev–Trinajstić information content (AvgIpc) is 2.34. The monoisotopic (exact) mass is 141 g/mol. The summed E-state index contributed by atoms with van der Waals surface area (Å²) in [6, 6.07) is 0.288. The molecule has 3 nitrogen and oxygen atoms in total. The number of carboxylic acids is 1. The first-order valence-corrected chi connectivity index (χ1v) is 3.43. The predicted molar refractivity (Wildman–Crippen MR) is 37.8 cm³/mol. The van der Waals surface area contributed by atoms with Crippen LogP contribution in [0.15, 0.2) is 12.2 Å². The molecule has 10 heavy (non-hydrogen) atoms. The van der Waals surface area contributed by atoms with Crippen molar-refractivity contribution < 1.29 is 9.90 Å². The van der Waals surface area contributed by atoms with Crippen molar-refractivity contribution in [1.82, 2.24) is 5.32 Å². The van der Waals surface area contributed by atoms with Crippen molar-refractivity contribution >= 4 is 5.97 Å². The Hall–Kier alpha value is -0.830. The van der Waals surface area contributed by atoms with E-state index >= 15 is 0 Å². The molecule has 1 rings (SSSR count). The molecule has 1 saturated heterocycles. The Bertz CT molecular complexity index is 148. The van der Waals surface area contributed by atoms with Gasteiger partial charge in [0.1, 0.15) is 0 Å². The molecule has 0 saturated carbocycles. The Kier molecular flexibility index (Phi) is 2.45. The molecule has 1 atom stereocenters. The van der Waals surface area contributed by atoms with Crippen LogP contribution in [0.5, 0.6) is 0 Å². The number of hydrogen-bond donors (Lipinski definition) is 2. The fraction of sp³-hybridized carbons (Fsp3) is 0.571. The van der Waals surface area contributed by atoms with Gasteiger partial charge in [-0.3, -0.25) is 0 Å². The molecule has 1 aliphatic rings. The maximum atomic E-state index is 10.0. The molecule has 1 heterocycles. The van der Waals surface area contributed by atoms with E-state index in [1.807, 2.05) is 0 Å². The third kappa shape index (κ3) is 2.19. The zero-order valence-electron chi connectivity index (χ0n) is 5.71. The summed E-state index contributed by atoms with van der Waals surface area (Å²) in [4.78, 5) is 10.0. The number of nitrogens with one attached hydrogen (secondary N) is 1. The van der Waals surface area contributed by atoms with Gasteiger partial charge in [0.15, 0.2) is 0 Å². The van der Waals surface area contributed by atoms with Gasteiger partial charge in [0, 0.05) is 12.1 Å². The van der Waals surface area contributed by atoms with Crippen molar-refractivity contribution in [3.63, 3.8) is 0 Å². The summed E-state index contributed by atoms with van der Waals surface area (Å²) in [5.41, 5.74) is 0. The summed E-state index contributed by atoms with van der Waals surface area (Å²) in [5.74, 6) is -0.867. The molecular formula is C7H11NO2.